The Hall–Kier alpha value is -4.25. The number of carbonyl (C=O) groups excluding carboxylic acids is 2. The molecule has 1 N–H and O–H groups in total. The van der Waals surface area contributed by atoms with Gasteiger partial charge in [-0.1, -0.05) is 29.8 Å². The van der Waals surface area contributed by atoms with Gasteiger partial charge in [-0.3, -0.25) is 19.7 Å². The fraction of sp³-hybridized carbons (Fsp3) is 0.143. The molecule has 3 rings (SSSR count). The summed E-state index contributed by atoms with van der Waals surface area (Å²) in [6.07, 6.45) is 0. The summed E-state index contributed by atoms with van der Waals surface area (Å²) in [5.41, 5.74) is -0.782. The Balaban J connectivity index is 1.85. The highest BCUT2D eigenvalue weighted by atomic mass is 35.5. The highest BCUT2D eigenvalue weighted by Crippen LogP contribution is 2.21. The van der Waals surface area contributed by atoms with Gasteiger partial charge >= 0.3 is 5.97 Å². The van der Waals surface area contributed by atoms with Crippen molar-refractivity contribution < 1.29 is 24.0 Å². The van der Waals surface area contributed by atoms with E-state index >= 15 is 0 Å². The number of halogens is 1. The quantitative estimate of drug-likeness (QED) is 0.299. The predicted molar refractivity (Wildman–Crippen MR) is 118 cm³/mol. The van der Waals surface area contributed by atoms with Crippen molar-refractivity contribution in [2.24, 2.45) is 0 Å². The molecule has 0 aliphatic carbocycles. The van der Waals surface area contributed by atoms with Crippen LogP contribution in [0.25, 0.3) is 5.69 Å². The first kappa shape index (κ1) is 23.4. The topological polar surface area (TPSA) is 143 Å². The maximum atomic E-state index is 12.6. The lowest BCUT2D eigenvalue weighted by Crippen LogP contribution is -2.27. The monoisotopic (exact) mass is 472 g/mol. The van der Waals surface area contributed by atoms with E-state index in [2.05, 4.69) is 10.4 Å². The number of hydrogen-bond donors (Lipinski definition) is 1. The number of nitro benzene ring substituents is 1. The van der Waals surface area contributed by atoms with E-state index in [1.807, 2.05) is 0 Å². The highest BCUT2D eigenvalue weighted by Gasteiger charge is 2.21. The van der Waals surface area contributed by atoms with Crippen LogP contribution in [0.15, 0.2) is 59.4 Å². The van der Waals surface area contributed by atoms with Gasteiger partial charge in [0, 0.05) is 17.8 Å². The maximum absolute atomic E-state index is 12.6. The lowest BCUT2D eigenvalue weighted by atomic mass is 10.3. The van der Waals surface area contributed by atoms with E-state index in [4.69, 9.17) is 21.1 Å². The number of nitrogens with zero attached hydrogens (tertiary/aromatic N) is 3. The van der Waals surface area contributed by atoms with Crippen LogP contribution >= 0.6 is 11.6 Å². The summed E-state index contributed by atoms with van der Waals surface area (Å²) in [6, 6.07) is 12.7. The minimum atomic E-state index is -0.868. The number of nitrogens with one attached hydrogen (secondary N) is 1. The highest BCUT2D eigenvalue weighted by molar-refractivity contribution is 6.32. The molecule has 1 aromatic heterocycles. The number of rotatable bonds is 8. The summed E-state index contributed by atoms with van der Waals surface area (Å²) in [4.78, 5) is 47.5. The third kappa shape index (κ3) is 5.71. The van der Waals surface area contributed by atoms with Crippen molar-refractivity contribution >= 4 is 34.9 Å². The number of esters is 1. The van der Waals surface area contributed by atoms with E-state index in [1.54, 1.807) is 31.2 Å². The average molecular weight is 473 g/mol. The minimum absolute atomic E-state index is 0.0401. The Morgan fingerprint density at radius 3 is 2.64 bits per heavy atom. The molecule has 2 aromatic carbocycles. The predicted octanol–water partition coefficient (Wildman–Crippen LogP) is 2.99. The van der Waals surface area contributed by atoms with Gasteiger partial charge in [-0.05, 0) is 25.1 Å². The number of carbonyl (C=O) groups is 2. The molecule has 0 unspecified atom stereocenters. The zero-order valence-electron chi connectivity index (χ0n) is 17.2. The summed E-state index contributed by atoms with van der Waals surface area (Å²) in [5, 5.41) is 17.6. The lowest BCUT2D eigenvalue weighted by Gasteiger charge is -2.13. The second-order valence-electron chi connectivity index (χ2n) is 6.42. The molecule has 0 saturated heterocycles. The molecule has 3 aromatic rings. The van der Waals surface area contributed by atoms with Crippen LogP contribution in [0, 0.1) is 10.1 Å². The molecule has 0 atom stereocenters. The number of ether oxygens (including phenoxy) is 2. The number of anilines is 1. The minimum Gasteiger partial charge on any atom is -0.481 e. The summed E-state index contributed by atoms with van der Waals surface area (Å²) in [7, 11) is 0. The zero-order chi connectivity index (χ0) is 24.0. The molecule has 0 fully saturated rings. The molecule has 0 spiro atoms. The SMILES string of the molecule is CCOC(=O)c1nn(-c2ccccc2Cl)c(=O)cc1OCC(=O)Nc1cccc([N+](=O)[O-])c1. The number of amides is 1. The zero-order valence-corrected chi connectivity index (χ0v) is 17.9. The van der Waals surface area contributed by atoms with Gasteiger partial charge in [0.05, 0.1) is 28.3 Å². The molecular formula is C21H17ClN4O7. The van der Waals surface area contributed by atoms with E-state index in [-0.39, 0.29) is 40.1 Å². The number of aromatic nitrogens is 2. The summed E-state index contributed by atoms with van der Waals surface area (Å²) >= 11 is 6.13. The van der Waals surface area contributed by atoms with Gasteiger partial charge in [0.25, 0.3) is 17.2 Å². The Morgan fingerprint density at radius 2 is 1.94 bits per heavy atom. The third-order valence-electron chi connectivity index (χ3n) is 4.15. The fourth-order valence-corrected chi connectivity index (χ4v) is 2.94. The summed E-state index contributed by atoms with van der Waals surface area (Å²) in [6.45, 7) is 1.03. The molecule has 12 heteroatoms. The molecule has 170 valence electrons. The second-order valence-corrected chi connectivity index (χ2v) is 6.83. The van der Waals surface area contributed by atoms with Crippen molar-refractivity contribution in [3.63, 3.8) is 0 Å². The van der Waals surface area contributed by atoms with E-state index in [1.165, 1.54) is 24.3 Å². The van der Waals surface area contributed by atoms with Crippen molar-refractivity contribution in [3.8, 4) is 11.4 Å². The van der Waals surface area contributed by atoms with Crippen LogP contribution < -0.4 is 15.6 Å². The third-order valence-corrected chi connectivity index (χ3v) is 4.47. The standard InChI is InChI=1S/C21H17ClN4O7/c1-2-32-21(29)20-17(11-19(28)25(24-20)16-9-4-3-8-15(16)22)33-12-18(27)23-13-6-5-7-14(10-13)26(30)31/h3-11H,2,12H2,1H3,(H,23,27). The van der Waals surface area contributed by atoms with E-state index < -0.39 is 29.0 Å². The molecule has 0 saturated carbocycles. The van der Waals surface area contributed by atoms with Gasteiger partial charge in [-0.25, -0.2) is 4.79 Å². The number of benzene rings is 2. The van der Waals surface area contributed by atoms with Crippen molar-refractivity contribution in [3.05, 3.63) is 85.8 Å². The Bertz CT molecular complexity index is 1280. The van der Waals surface area contributed by atoms with Crippen molar-refractivity contribution in [2.75, 3.05) is 18.5 Å². The first-order valence-corrected chi connectivity index (χ1v) is 9.91. The van der Waals surface area contributed by atoms with E-state index in [0.29, 0.717) is 0 Å². The number of non-ortho nitro benzene ring substituents is 1. The number of para-hydroxylation sites is 1. The van der Waals surface area contributed by atoms with Crippen molar-refractivity contribution in [1.29, 1.82) is 0 Å². The molecule has 0 bridgehead atoms. The lowest BCUT2D eigenvalue weighted by molar-refractivity contribution is -0.384. The van der Waals surface area contributed by atoms with Crippen molar-refractivity contribution in [2.45, 2.75) is 6.92 Å². The molecule has 11 nitrogen and oxygen atoms in total. The van der Waals surface area contributed by atoms with Crippen LogP contribution in [-0.2, 0) is 9.53 Å². The van der Waals surface area contributed by atoms with E-state index in [0.717, 1.165) is 10.7 Å². The Morgan fingerprint density at radius 1 is 1.18 bits per heavy atom. The molecule has 0 radical (unpaired) electrons. The first-order chi connectivity index (χ1) is 15.8. The van der Waals surface area contributed by atoms with Gasteiger partial charge in [0.2, 0.25) is 5.69 Å². The largest absolute Gasteiger partial charge is 0.481 e. The van der Waals surface area contributed by atoms with Crippen LogP contribution in [0.3, 0.4) is 0 Å². The molecule has 0 aliphatic heterocycles. The molecular weight excluding hydrogens is 456 g/mol. The van der Waals surface area contributed by atoms with Gasteiger partial charge in [-0.2, -0.15) is 9.78 Å². The average Bonchev–Trinajstić information content (AvgIpc) is 2.78. The van der Waals surface area contributed by atoms with Gasteiger partial charge < -0.3 is 14.8 Å². The van der Waals surface area contributed by atoms with Gasteiger partial charge in [0.15, 0.2) is 12.4 Å². The molecule has 33 heavy (non-hydrogen) atoms. The van der Waals surface area contributed by atoms with Crippen LogP contribution in [0.4, 0.5) is 11.4 Å². The van der Waals surface area contributed by atoms with Crippen LogP contribution in [0.5, 0.6) is 5.75 Å². The smallest absolute Gasteiger partial charge is 0.362 e. The molecule has 0 aliphatic rings. The van der Waals surface area contributed by atoms with Gasteiger partial charge in [-0.15, -0.1) is 0 Å². The van der Waals surface area contributed by atoms with Crippen molar-refractivity contribution in [1.82, 2.24) is 9.78 Å². The van der Waals surface area contributed by atoms with Gasteiger partial charge in [0.1, 0.15) is 0 Å². The fourth-order valence-electron chi connectivity index (χ4n) is 2.72. The maximum Gasteiger partial charge on any atom is 0.362 e. The normalized spacial score (nSPS) is 10.4. The summed E-state index contributed by atoms with van der Waals surface area (Å²) in [5.74, 6) is -1.82. The number of hydrogen-bond acceptors (Lipinski definition) is 8. The Kier molecular flexibility index (Phi) is 7.36. The molecule has 1 heterocycles. The first-order valence-electron chi connectivity index (χ1n) is 9.53. The van der Waals surface area contributed by atoms with Crippen LogP contribution in [-0.4, -0.2) is 39.8 Å². The Labute approximate surface area is 191 Å². The summed E-state index contributed by atoms with van der Waals surface area (Å²) < 4.78 is 11.3. The molecule has 1 amide bonds. The number of nitro groups is 1. The second kappa shape index (κ2) is 10.4. The van der Waals surface area contributed by atoms with Crippen LogP contribution in [0.2, 0.25) is 5.02 Å². The van der Waals surface area contributed by atoms with E-state index in [9.17, 15) is 24.5 Å². The van der Waals surface area contributed by atoms with Crippen LogP contribution in [0.1, 0.15) is 17.4 Å².